The molecule has 0 aliphatic carbocycles. The molecule has 3 aromatic heterocycles. The minimum Gasteiger partial charge on any atom is -0.512 e. The second-order valence-electron chi connectivity index (χ2n) is 14.7. The van der Waals surface area contributed by atoms with Crippen molar-refractivity contribution < 1.29 is 34.4 Å². The van der Waals surface area contributed by atoms with E-state index in [1.807, 2.05) is 47.7 Å². The zero-order chi connectivity index (χ0) is 35.0. The van der Waals surface area contributed by atoms with Gasteiger partial charge in [-0.05, 0) is 72.6 Å². The van der Waals surface area contributed by atoms with Crippen molar-refractivity contribution >= 4 is 59.9 Å². The Bertz CT molecular complexity index is 2140. The van der Waals surface area contributed by atoms with E-state index in [0.29, 0.717) is 0 Å². The number of aryl methyl sites for hydroxylation is 1. The van der Waals surface area contributed by atoms with Crippen molar-refractivity contribution in [2.24, 2.45) is 10.8 Å². The Balaban J connectivity index is 0.000000260. The zero-order valence-electron chi connectivity index (χ0n) is 30.6. The van der Waals surface area contributed by atoms with Crippen LogP contribution in [0.3, 0.4) is 0 Å². The second-order valence-corrected chi connectivity index (χ2v) is 15.6. The number of rotatable bonds is 8. The molecule has 0 bridgehead atoms. The summed E-state index contributed by atoms with van der Waals surface area (Å²) in [7, 11) is 0. The SMILES string of the molecule is CCC(C)(CC)C(=O)/C=C(\O)C(C)(CC)CC.Cc1csc2cc3c(cc12)oc1c(-c2[c-]c4ccccc4c(C(C)(C)C)c2)nccc13.[Ir]. The number of aliphatic hydroxyl groups excluding tert-OH is 1. The molecule has 6 heteroatoms. The molecule has 6 rings (SSSR count). The van der Waals surface area contributed by atoms with Crippen molar-refractivity contribution in [3.05, 3.63) is 89.1 Å². The zero-order valence-corrected chi connectivity index (χ0v) is 33.8. The number of pyridine rings is 1. The number of benzene rings is 3. The third-order valence-electron chi connectivity index (χ3n) is 10.7. The fourth-order valence-corrected chi connectivity index (χ4v) is 7.17. The average molecular weight is 853 g/mol. The third-order valence-corrected chi connectivity index (χ3v) is 11.8. The number of carbonyl (C=O) groups is 1. The predicted molar refractivity (Wildman–Crippen MR) is 205 cm³/mol. The number of furan rings is 1. The number of aliphatic hydroxyl groups is 1. The molecule has 3 aromatic carbocycles. The summed E-state index contributed by atoms with van der Waals surface area (Å²) in [6, 6.07) is 20.8. The molecule has 4 nitrogen and oxygen atoms in total. The minimum atomic E-state index is -0.337. The summed E-state index contributed by atoms with van der Waals surface area (Å²) in [6.45, 7) is 21.0. The van der Waals surface area contributed by atoms with Crippen LogP contribution in [0.15, 0.2) is 76.4 Å². The molecule has 1 N–H and O–H groups in total. The van der Waals surface area contributed by atoms with E-state index in [2.05, 4.69) is 87.7 Å². The van der Waals surface area contributed by atoms with Crippen molar-refractivity contribution in [3.63, 3.8) is 0 Å². The van der Waals surface area contributed by atoms with Crippen LogP contribution < -0.4 is 0 Å². The summed E-state index contributed by atoms with van der Waals surface area (Å²) in [5.41, 5.74) is 5.56. The van der Waals surface area contributed by atoms with Crippen molar-refractivity contribution in [1.82, 2.24) is 4.98 Å². The van der Waals surface area contributed by atoms with Crippen molar-refractivity contribution in [3.8, 4) is 11.3 Å². The maximum Gasteiger partial charge on any atom is 0.164 e. The van der Waals surface area contributed by atoms with Gasteiger partial charge in [0.1, 0.15) is 16.9 Å². The number of nitrogens with zero attached hydrogens (tertiary/aromatic N) is 1. The average Bonchev–Trinajstić information content (AvgIpc) is 3.64. The Morgan fingerprint density at radius 1 is 0.878 bits per heavy atom. The van der Waals surface area contributed by atoms with Gasteiger partial charge in [0.15, 0.2) is 5.78 Å². The monoisotopic (exact) mass is 853 g/mol. The first-order valence-electron chi connectivity index (χ1n) is 17.3. The van der Waals surface area contributed by atoms with Crippen LogP contribution >= 0.6 is 11.3 Å². The molecule has 0 aliphatic heterocycles. The number of aromatic nitrogens is 1. The summed E-state index contributed by atoms with van der Waals surface area (Å²) < 4.78 is 7.72. The standard InChI is InChI=1S/C28H22NOS.C15H28O2.Ir/c1-16-15-31-25-14-22-20-9-10-29-26(27(20)30-24(22)13-21(16)25)18-11-17-7-5-6-8-19(17)23(12-18)28(2,3)4;1-7-14(5,8-2)12(16)11-13(17)15(6,9-3)10-4;/h5-10,12-15H,1-4H3;11,16H,7-10H2,1-6H3;/q-1;;/b;12-11-;. The molecule has 261 valence electrons. The number of ketones is 1. The number of hydrogen-bond acceptors (Lipinski definition) is 5. The first kappa shape index (κ1) is 38.5. The van der Waals surface area contributed by atoms with Crippen LogP contribution in [0.4, 0.5) is 0 Å². The van der Waals surface area contributed by atoms with Gasteiger partial charge in [-0.15, -0.1) is 40.5 Å². The van der Waals surface area contributed by atoms with Gasteiger partial charge in [-0.2, -0.15) is 0 Å². The maximum atomic E-state index is 12.2. The molecule has 49 heavy (non-hydrogen) atoms. The van der Waals surface area contributed by atoms with E-state index in [9.17, 15) is 9.90 Å². The van der Waals surface area contributed by atoms with Gasteiger partial charge in [0.25, 0.3) is 0 Å². The first-order valence-corrected chi connectivity index (χ1v) is 18.2. The van der Waals surface area contributed by atoms with Crippen LogP contribution in [0.1, 0.15) is 99.1 Å². The quantitative estimate of drug-likeness (QED) is 0.0941. The van der Waals surface area contributed by atoms with Crippen LogP contribution in [0.5, 0.6) is 0 Å². The predicted octanol–water partition coefficient (Wildman–Crippen LogP) is 13.1. The van der Waals surface area contributed by atoms with Gasteiger partial charge >= 0.3 is 0 Å². The fraction of sp³-hybridized carbons (Fsp3) is 0.395. The van der Waals surface area contributed by atoms with E-state index >= 15 is 0 Å². The number of hydrogen-bond donors (Lipinski definition) is 1. The van der Waals surface area contributed by atoms with E-state index in [-0.39, 0.29) is 47.9 Å². The Morgan fingerprint density at radius 2 is 1.53 bits per heavy atom. The molecule has 0 saturated carbocycles. The smallest absolute Gasteiger partial charge is 0.164 e. The second kappa shape index (κ2) is 14.9. The van der Waals surface area contributed by atoms with Gasteiger partial charge in [0.2, 0.25) is 0 Å². The number of thiophene rings is 1. The van der Waals surface area contributed by atoms with E-state index < -0.39 is 0 Å². The Labute approximate surface area is 309 Å². The Morgan fingerprint density at radius 3 is 2.16 bits per heavy atom. The van der Waals surface area contributed by atoms with Crippen LogP contribution in [-0.2, 0) is 30.3 Å². The van der Waals surface area contributed by atoms with Gasteiger partial charge in [-0.3, -0.25) is 9.78 Å². The fourth-order valence-electron chi connectivity index (χ4n) is 6.20. The first-order chi connectivity index (χ1) is 22.7. The van der Waals surface area contributed by atoms with Crippen LogP contribution in [0.25, 0.3) is 54.1 Å². The summed E-state index contributed by atoms with van der Waals surface area (Å²) in [5.74, 6) is 0.286. The van der Waals surface area contributed by atoms with Crippen LogP contribution in [0.2, 0.25) is 0 Å². The molecule has 0 saturated heterocycles. The van der Waals surface area contributed by atoms with E-state index in [1.54, 1.807) is 11.3 Å². The molecule has 1 radical (unpaired) electrons. The van der Waals surface area contributed by atoms with Gasteiger partial charge in [-0.25, -0.2) is 0 Å². The number of carbonyl (C=O) groups excluding carboxylic acids is 1. The summed E-state index contributed by atoms with van der Waals surface area (Å²) >= 11 is 1.78. The van der Waals surface area contributed by atoms with E-state index in [1.165, 1.54) is 32.7 Å². The van der Waals surface area contributed by atoms with Crippen molar-refractivity contribution in [2.45, 2.75) is 100 Å². The molecule has 0 spiro atoms. The van der Waals surface area contributed by atoms with Gasteiger partial charge < -0.3 is 9.52 Å². The normalized spacial score (nSPS) is 12.7. The molecule has 3 heterocycles. The molecule has 0 unspecified atom stereocenters. The third kappa shape index (κ3) is 7.43. The van der Waals surface area contributed by atoms with E-state index in [0.717, 1.165) is 64.3 Å². The summed E-state index contributed by atoms with van der Waals surface area (Å²) in [4.78, 5) is 16.9. The maximum absolute atomic E-state index is 12.2. The van der Waals surface area contributed by atoms with Gasteiger partial charge in [0, 0.05) is 64.4 Å². The minimum absolute atomic E-state index is 0. The van der Waals surface area contributed by atoms with E-state index in [4.69, 9.17) is 9.40 Å². The largest absolute Gasteiger partial charge is 0.512 e. The molecular formula is C43H50IrNO3S-. The number of allylic oxidation sites excluding steroid dienone is 2. The summed E-state index contributed by atoms with van der Waals surface area (Å²) in [6.07, 6.45) is 6.64. The topological polar surface area (TPSA) is 63.3 Å². The Hall–Kier alpha value is -3.31. The van der Waals surface area contributed by atoms with Crippen LogP contribution in [0, 0.1) is 23.8 Å². The van der Waals surface area contributed by atoms with Crippen molar-refractivity contribution in [2.75, 3.05) is 0 Å². The summed E-state index contributed by atoms with van der Waals surface area (Å²) in [5, 5.41) is 18.2. The molecule has 0 fully saturated rings. The molecule has 6 aromatic rings. The molecular weight excluding hydrogens is 803 g/mol. The van der Waals surface area contributed by atoms with Crippen molar-refractivity contribution in [1.29, 1.82) is 0 Å². The number of fused-ring (bicyclic) bond motifs is 5. The van der Waals surface area contributed by atoms with Gasteiger partial charge in [-0.1, -0.05) is 91.5 Å². The Kier molecular flexibility index (Phi) is 11.7. The molecule has 0 atom stereocenters. The van der Waals surface area contributed by atoms with Gasteiger partial charge in [0.05, 0.1) is 0 Å². The molecule has 0 amide bonds. The van der Waals surface area contributed by atoms with Crippen LogP contribution in [-0.4, -0.2) is 15.9 Å². The molecule has 0 aliphatic rings.